The van der Waals surface area contributed by atoms with E-state index in [-0.39, 0.29) is 0 Å². The highest BCUT2D eigenvalue weighted by molar-refractivity contribution is 9.10. The standard InChI is InChI=1S/C7H10BrN3/c1-5-6(8)3-4-7(10-5)11(2)9/h3-4H,9H2,1-2H3. The molecule has 0 aromatic carbocycles. The molecule has 1 rings (SSSR count). The van der Waals surface area contributed by atoms with E-state index in [1.807, 2.05) is 19.1 Å². The van der Waals surface area contributed by atoms with Gasteiger partial charge in [-0.1, -0.05) is 0 Å². The third-order valence-corrected chi connectivity index (χ3v) is 2.21. The number of aryl methyl sites for hydroxylation is 1. The Morgan fingerprint density at radius 1 is 1.55 bits per heavy atom. The van der Waals surface area contributed by atoms with Crippen molar-refractivity contribution in [2.45, 2.75) is 6.92 Å². The van der Waals surface area contributed by atoms with Gasteiger partial charge in [0.15, 0.2) is 0 Å². The molecule has 4 heteroatoms. The van der Waals surface area contributed by atoms with E-state index in [9.17, 15) is 0 Å². The first-order valence-corrected chi connectivity index (χ1v) is 4.02. The number of nitrogens with two attached hydrogens (primary N) is 1. The largest absolute Gasteiger partial charge is 0.298 e. The van der Waals surface area contributed by atoms with Crippen molar-refractivity contribution >= 4 is 21.7 Å². The summed E-state index contributed by atoms with van der Waals surface area (Å²) in [4.78, 5) is 4.23. The van der Waals surface area contributed by atoms with Crippen LogP contribution in [-0.2, 0) is 0 Å². The fraction of sp³-hybridized carbons (Fsp3) is 0.286. The first-order chi connectivity index (χ1) is 5.11. The van der Waals surface area contributed by atoms with Crippen molar-refractivity contribution in [1.82, 2.24) is 4.98 Å². The van der Waals surface area contributed by atoms with Crippen molar-refractivity contribution in [3.05, 3.63) is 22.3 Å². The summed E-state index contributed by atoms with van der Waals surface area (Å²) < 4.78 is 1.00. The van der Waals surface area contributed by atoms with Gasteiger partial charge in [-0.25, -0.2) is 10.8 Å². The van der Waals surface area contributed by atoms with Crippen LogP contribution in [0.4, 0.5) is 5.82 Å². The molecular weight excluding hydrogens is 206 g/mol. The van der Waals surface area contributed by atoms with Gasteiger partial charge in [0.05, 0.1) is 5.69 Å². The van der Waals surface area contributed by atoms with Gasteiger partial charge in [0.25, 0.3) is 0 Å². The molecule has 1 heterocycles. The van der Waals surface area contributed by atoms with Gasteiger partial charge in [-0.15, -0.1) is 0 Å². The molecule has 1 aromatic rings. The first kappa shape index (κ1) is 8.49. The Morgan fingerprint density at radius 3 is 2.64 bits per heavy atom. The fourth-order valence-corrected chi connectivity index (χ4v) is 0.948. The van der Waals surface area contributed by atoms with Crippen LogP contribution in [0.25, 0.3) is 0 Å². The summed E-state index contributed by atoms with van der Waals surface area (Å²) >= 11 is 3.36. The summed E-state index contributed by atoms with van der Waals surface area (Å²) in [6.45, 7) is 1.93. The molecule has 0 radical (unpaired) electrons. The van der Waals surface area contributed by atoms with Gasteiger partial charge in [-0.2, -0.15) is 0 Å². The summed E-state index contributed by atoms with van der Waals surface area (Å²) in [5, 5.41) is 1.49. The second-order valence-corrected chi connectivity index (χ2v) is 3.20. The Bertz CT molecular complexity index is 260. The van der Waals surface area contributed by atoms with Crippen molar-refractivity contribution < 1.29 is 0 Å². The Balaban J connectivity index is 3.05. The van der Waals surface area contributed by atoms with Crippen LogP contribution in [0.1, 0.15) is 5.69 Å². The number of rotatable bonds is 1. The van der Waals surface area contributed by atoms with Crippen LogP contribution in [0.5, 0.6) is 0 Å². The molecule has 0 aliphatic rings. The average Bonchev–Trinajstić information content (AvgIpc) is 1.94. The molecule has 11 heavy (non-hydrogen) atoms. The number of anilines is 1. The molecule has 0 aliphatic carbocycles. The van der Waals surface area contributed by atoms with Gasteiger partial charge in [-0.3, -0.25) is 5.01 Å². The molecule has 0 saturated carbocycles. The molecule has 60 valence electrons. The summed E-state index contributed by atoms with van der Waals surface area (Å²) in [5.41, 5.74) is 0.944. The van der Waals surface area contributed by atoms with Crippen LogP contribution in [0, 0.1) is 6.92 Å². The molecule has 0 fully saturated rings. The minimum absolute atomic E-state index is 0.769. The van der Waals surface area contributed by atoms with Crippen LogP contribution in [0.2, 0.25) is 0 Å². The zero-order valence-corrected chi connectivity index (χ0v) is 8.09. The van der Waals surface area contributed by atoms with E-state index in [1.165, 1.54) is 5.01 Å². The number of halogens is 1. The predicted octanol–water partition coefficient (Wildman–Crippen LogP) is 1.46. The normalized spacial score (nSPS) is 9.82. The summed E-state index contributed by atoms with van der Waals surface area (Å²) in [5.74, 6) is 6.26. The van der Waals surface area contributed by atoms with E-state index in [4.69, 9.17) is 5.84 Å². The lowest BCUT2D eigenvalue weighted by atomic mass is 10.4. The van der Waals surface area contributed by atoms with E-state index >= 15 is 0 Å². The van der Waals surface area contributed by atoms with Gasteiger partial charge >= 0.3 is 0 Å². The Kier molecular flexibility index (Phi) is 2.46. The molecule has 0 amide bonds. The Labute approximate surface area is 74.3 Å². The molecule has 0 saturated heterocycles. The highest BCUT2D eigenvalue weighted by Crippen LogP contribution is 2.16. The molecule has 0 spiro atoms. The summed E-state index contributed by atoms with van der Waals surface area (Å²) in [7, 11) is 1.76. The third kappa shape index (κ3) is 1.91. The average molecular weight is 216 g/mol. The highest BCUT2D eigenvalue weighted by Gasteiger charge is 1.99. The zero-order valence-electron chi connectivity index (χ0n) is 6.50. The fourth-order valence-electron chi connectivity index (χ4n) is 0.727. The SMILES string of the molecule is Cc1nc(N(C)N)ccc1Br. The number of aromatic nitrogens is 1. The zero-order chi connectivity index (χ0) is 8.43. The van der Waals surface area contributed by atoms with Gasteiger partial charge in [-0.05, 0) is 35.0 Å². The van der Waals surface area contributed by atoms with E-state index in [2.05, 4.69) is 20.9 Å². The van der Waals surface area contributed by atoms with Crippen molar-refractivity contribution in [3.8, 4) is 0 Å². The minimum atomic E-state index is 0.769. The van der Waals surface area contributed by atoms with Crippen molar-refractivity contribution in [2.75, 3.05) is 12.1 Å². The molecule has 3 nitrogen and oxygen atoms in total. The maximum absolute atomic E-state index is 5.49. The molecule has 0 bridgehead atoms. The Morgan fingerprint density at radius 2 is 2.18 bits per heavy atom. The van der Waals surface area contributed by atoms with E-state index in [1.54, 1.807) is 7.05 Å². The summed E-state index contributed by atoms with van der Waals surface area (Å²) in [6.07, 6.45) is 0. The topological polar surface area (TPSA) is 42.2 Å². The predicted molar refractivity (Wildman–Crippen MR) is 49.3 cm³/mol. The molecule has 1 aromatic heterocycles. The number of pyridine rings is 1. The van der Waals surface area contributed by atoms with Crippen LogP contribution in [0.15, 0.2) is 16.6 Å². The van der Waals surface area contributed by atoms with Gasteiger partial charge in [0.1, 0.15) is 5.82 Å². The lowest BCUT2D eigenvalue weighted by molar-refractivity contribution is 0.963. The molecule has 0 atom stereocenters. The number of nitrogens with zero attached hydrogens (tertiary/aromatic N) is 2. The van der Waals surface area contributed by atoms with Gasteiger partial charge in [0.2, 0.25) is 0 Å². The lowest BCUT2D eigenvalue weighted by Gasteiger charge is -2.11. The summed E-state index contributed by atoms with van der Waals surface area (Å²) in [6, 6.07) is 3.79. The van der Waals surface area contributed by atoms with Crippen molar-refractivity contribution in [2.24, 2.45) is 5.84 Å². The van der Waals surface area contributed by atoms with Crippen LogP contribution in [0.3, 0.4) is 0 Å². The Hall–Kier alpha value is -0.610. The maximum Gasteiger partial charge on any atom is 0.142 e. The number of hydrogen-bond donors (Lipinski definition) is 1. The van der Waals surface area contributed by atoms with Gasteiger partial charge < -0.3 is 0 Å². The maximum atomic E-state index is 5.49. The third-order valence-electron chi connectivity index (χ3n) is 1.37. The molecule has 2 N–H and O–H groups in total. The second kappa shape index (κ2) is 3.19. The first-order valence-electron chi connectivity index (χ1n) is 3.23. The van der Waals surface area contributed by atoms with Crippen LogP contribution >= 0.6 is 15.9 Å². The smallest absolute Gasteiger partial charge is 0.142 e. The highest BCUT2D eigenvalue weighted by atomic mass is 79.9. The molecule has 0 aliphatic heterocycles. The van der Waals surface area contributed by atoms with E-state index in [0.29, 0.717) is 0 Å². The number of hydrogen-bond acceptors (Lipinski definition) is 3. The van der Waals surface area contributed by atoms with E-state index in [0.717, 1.165) is 16.0 Å². The van der Waals surface area contributed by atoms with Crippen molar-refractivity contribution in [3.63, 3.8) is 0 Å². The second-order valence-electron chi connectivity index (χ2n) is 2.35. The monoisotopic (exact) mass is 215 g/mol. The van der Waals surface area contributed by atoms with Gasteiger partial charge in [0, 0.05) is 11.5 Å². The van der Waals surface area contributed by atoms with E-state index < -0.39 is 0 Å². The van der Waals surface area contributed by atoms with Crippen molar-refractivity contribution in [1.29, 1.82) is 0 Å². The van der Waals surface area contributed by atoms with Crippen LogP contribution in [-0.4, -0.2) is 12.0 Å². The molecular formula is C7H10BrN3. The number of hydrazine groups is 1. The minimum Gasteiger partial charge on any atom is -0.298 e. The quantitative estimate of drug-likeness (QED) is 0.570. The van der Waals surface area contributed by atoms with Crippen LogP contribution < -0.4 is 10.9 Å². The molecule has 0 unspecified atom stereocenters. The lowest BCUT2D eigenvalue weighted by Crippen LogP contribution is -2.26.